The summed E-state index contributed by atoms with van der Waals surface area (Å²) in [5.41, 5.74) is 1.90. The Morgan fingerprint density at radius 2 is 1.86 bits per heavy atom. The Morgan fingerprint density at radius 3 is 2.38 bits per heavy atom. The summed E-state index contributed by atoms with van der Waals surface area (Å²) in [5, 5.41) is 0. The number of carbonyl (C=O) groups is 2. The van der Waals surface area contributed by atoms with E-state index in [0.717, 1.165) is 19.3 Å². The van der Waals surface area contributed by atoms with E-state index in [-0.39, 0.29) is 17.8 Å². The van der Waals surface area contributed by atoms with Crippen LogP contribution >= 0.6 is 0 Å². The molecule has 0 fully saturated rings. The van der Waals surface area contributed by atoms with Crippen LogP contribution in [-0.4, -0.2) is 37.5 Å². The first-order valence-electron chi connectivity index (χ1n) is 7.41. The van der Waals surface area contributed by atoms with Gasteiger partial charge in [-0.1, -0.05) is 32.4 Å². The van der Waals surface area contributed by atoms with Crippen LogP contribution in [0.4, 0.5) is 0 Å². The molecular weight excluding hydrogens is 266 g/mol. The third kappa shape index (κ3) is 5.21. The van der Waals surface area contributed by atoms with Crippen LogP contribution in [0.2, 0.25) is 0 Å². The van der Waals surface area contributed by atoms with E-state index >= 15 is 0 Å². The molecular formula is C17H25NO3. The van der Waals surface area contributed by atoms with Crippen LogP contribution < -0.4 is 0 Å². The van der Waals surface area contributed by atoms with Gasteiger partial charge in [0, 0.05) is 19.2 Å². The number of amides is 1. The molecule has 4 nitrogen and oxygen atoms in total. The van der Waals surface area contributed by atoms with Gasteiger partial charge < -0.3 is 9.64 Å². The Labute approximate surface area is 127 Å². The van der Waals surface area contributed by atoms with Crippen LogP contribution in [0.5, 0.6) is 0 Å². The first-order chi connectivity index (χ1) is 9.99. The van der Waals surface area contributed by atoms with Crippen molar-refractivity contribution in [2.45, 2.75) is 33.1 Å². The molecule has 1 atom stereocenters. The highest BCUT2D eigenvalue weighted by Crippen LogP contribution is 2.11. The minimum absolute atomic E-state index is 0.0761. The second-order valence-corrected chi connectivity index (χ2v) is 5.41. The number of esters is 1. The van der Waals surface area contributed by atoms with Crippen molar-refractivity contribution in [3.05, 3.63) is 35.4 Å². The standard InChI is InChI=1S/C17H25NO3/c1-5-6-7-14-8-10-15(11-9-14)16(19)18(3)12-13(2)17(20)21-4/h8-11,13H,5-7,12H2,1-4H3. The van der Waals surface area contributed by atoms with Crippen molar-refractivity contribution in [2.24, 2.45) is 5.92 Å². The fourth-order valence-corrected chi connectivity index (χ4v) is 2.18. The highest BCUT2D eigenvalue weighted by molar-refractivity contribution is 5.94. The molecule has 0 N–H and O–H groups in total. The lowest BCUT2D eigenvalue weighted by molar-refractivity contribution is -0.145. The zero-order valence-electron chi connectivity index (χ0n) is 13.4. The van der Waals surface area contributed by atoms with Crippen LogP contribution in [0.15, 0.2) is 24.3 Å². The van der Waals surface area contributed by atoms with E-state index in [1.54, 1.807) is 18.9 Å². The van der Waals surface area contributed by atoms with E-state index in [9.17, 15) is 9.59 Å². The van der Waals surface area contributed by atoms with Crippen molar-refractivity contribution in [3.63, 3.8) is 0 Å². The number of ether oxygens (including phenoxy) is 1. The van der Waals surface area contributed by atoms with Gasteiger partial charge in [-0.15, -0.1) is 0 Å². The highest BCUT2D eigenvalue weighted by Gasteiger charge is 2.19. The van der Waals surface area contributed by atoms with Gasteiger partial charge in [-0.2, -0.15) is 0 Å². The zero-order chi connectivity index (χ0) is 15.8. The van der Waals surface area contributed by atoms with Gasteiger partial charge in [0.25, 0.3) is 5.91 Å². The number of benzene rings is 1. The van der Waals surface area contributed by atoms with Crippen molar-refractivity contribution in [2.75, 3.05) is 20.7 Å². The Bertz CT molecular complexity index is 467. The van der Waals surface area contributed by atoms with Crippen molar-refractivity contribution in [3.8, 4) is 0 Å². The summed E-state index contributed by atoms with van der Waals surface area (Å²) in [6, 6.07) is 7.71. The molecule has 0 saturated heterocycles. The van der Waals surface area contributed by atoms with Crippen LogP contribution in [-0.2, 0) is 16.0 Å². The molecule has 4 heteroatoms. The summed E-state index contributed by atoms with van der Waals surface area (Å²) in [7, 11) is 3.06. The molecule has 0 aliphatic carbocycles. The van der Waals surface area contributed by atoms with Gasteiger partial charge in [0.15, 0.2) is 0 Å². The maximum Gasteiger partial charge on any atom is 0.310 e. The van der Waals surface area contributed by atoms with Crippen LogP contribution in [0, 0.1) is 5.92 Å². The molecule has 0 aliphatic heterocycles. The lowest BCUT2D eigenvalue weighted by Gasteiger charge is -2.20. The van der Waals surface area contributed by atoms with E-state index in [0.29, 0.717) is 12.1 Å². The van der Waals surface area contributed by atoms with E-state index in [2.05, 4.69) is 11.7 Å². The SMILES string of the molecule is CCCCc1ccc(C(=O)N(C)CC(C)C(=O)OC)cc1. The van der Waals surface area contributed by atoms with Gasteiger partial charge >= 0.3 is 5.97 Å². The molecule has 1 aromatic carbocycles. The maximum absolute atomic E-state index is 12.3. The van der Waals surface area contributed by atoms with Gasteiger partial charge in [-0.3, -0.25) is 9.59 Å². The first-order valence-corrected chi connectivity index (χ1v) is 7.41. The average molecular weight is 291 g/mol. The summed E-state index contributed by atoms with van der Waals surface area (Å²) in [4.78, 5) is 25.2. The highest BCUT2D eigenvalue weighted by atomic mass is 16.5. The Kier molecular flexibility index (Phi) is 6.92. The molecule has 0 radical (unpaired) electrons. The molecule has 0 heterocycles. The van der Waals surface area contributed by atoms with E-state index in [4.69, 9.17) is 0 Å². The largest absolute Gasteiger partial charge is 0.469 e. The van der Waals surface area contributed by atoms with Crippen molar-refractivity contribution < 1.29 is 14.3 Å². The van der Waals surface area contributed by atoms with Crippen molar-refractivity contribution >= 4 is 11.9 Å². The first kappa shape index (κ1) is 17.2. The third-order valence-corrected chi connectivity index (χ3v) is 3.52. The monoisotopic (exact) mass is 291 g/mol. The van der Waals surface area contributed by atoms with Crippen molar-refractivity contribution in [1.82, 2.24) is 4.90 Å². The fourth-order valence-electron chi connectivity index (χ4n) is 2.18. The smallest absolute Gasteiger partial charge is 0.310 e. The summed E-state index contributed by atoms with van der Waals surface area (Å²) < 4.78 is 4.67. The molecule has 0 spiro atoms. The van der Waals surface area contributed by atoms with Gasteiger partial charge in [0.2, 0.25) is 0 Å². The lowest BCUT2D eigenvalue weighted by atomic mass is 10.1. The molecule has 21 heavy (non-hydrogen) atoms. The number of aryl methyl sites for hydroxylation is 1. The van der Waals surface area contributed by atoms with Crippen LogP contribution in [0.25, 0.3) is 0 Å². The van der Waals surface area contributed by atoms with Gasteiger partial charge in [0.1, 0.15) is 0 Å². The van der Waals surface area contributed by atoms with Gasteiger partial charge in [-0.25, -0.2) is 0 Å². The number of hydrogen-bond acceptors (Lipinski definition) is 3. The molecule has 0 aliphatic rings. The number of rotatable bonds is 7. The van der Waals surface area contributed by atoms with Gasteiger partial charge in [-0.05, 0) is 30.5 Å². The second-order valence-electron chi connectivity index (χ2n) is 5.41. The molecule has 1 aromatic rings. The predicted octanol–water partition coefficient (Wildman–Crippen LogP) is 2.91. The Balaban J connectivity index is 2.63. The quantitative estimate of drug-likeness (QED) is 0.726. The molecule has 1 rings (SSSR count). The average Bonchev–Trinajstić information content (AvgIpc) is 2.51. The number of methoxy groups -OCH3 is 1. The minimum atomic E-state index is -0.326. The van der Waals surface area contributed by atoms with Gasteiger partial charge in [0.05, 0.1) is 13.0 Å². The summed E-state index contributed by atoms with van der Waals surface area (Å²) in [6.07, 6.45) is 3.36. The topological polar surface area (TPSA) is 46.6 Å². The lowest BCUT2D eigenvalue weighted by Crippen LogP contribution is -2.34. The molecule has 116 valence electrons. The van der Waals surface area contributed by atoms with E-state index < -0.39 is 0 Å². The second kappa shape index (κ2) is 8.45. The summed E-state index contributed by atoms with van der Waals surface area (Å²) in [5.74, 6) is -0.704. The van der Waals surface area contributed by atoms with E-state index in [1.807, 2.05) is 24.3 Å². The summed E-state index contributed by atoms with van der Waals surface area (Å²) in [6.45, 7) is 4.27. The maximum atomic E-state index is 12.3. The molecule has 0 saturated carbocycles. The van der Waals surface area contributed by atoms with E-state index in [1.165, 1.54) is 12.7 Å². The third-order valence-electron chi connectivity index (χ3n) is 3.52. The molecule has 1 amide bonds. The van der Waals surface area contributed by atoms with Crippen molar-refractivity contribution in [1.29, 1.82) is 0 Å². The predicted molar refractivity (Wildman–Crippen MR) is 83.2 cm³/mol. The molecule has 1 unspecified atom stereocenters. The van der Waals surface area contributed by atoms with Crippen LogP contribution in [0.3, 0.4) is 0 Å². The van der Waals surface area contributed by atoms with Crippen LogP contribution in [0.1, 0.15) is 42.6 Å². The summed E-state index contributed by atoms with van der Waals surface area (Å²) >= 11 is 0. The minimum Gasteiger partial charge on any atom is -0.469 e. The Hall–Kier alpha value is -1.84. The number of unbranched alkanes of at least 4 members (excludes halogenated alkanes) is 1. The Morgan fingerprint density at radius 1 is 1.24 bits per heavy atom. The number of nitrogens with zero attached hydrogens (tertiary/aromatic N) is 1. The number of carbonyl (C=O) groups excluding carboxylic acids is 2. The fraction of sp³-hybridized carbons (Fsp3) is 0.529. The zero-order valence-corrected chi connectivity index (χ0v) is 13.4. The molecule has 0 aromatic heterocycles. The number of hydrogen-bond donors (Lipinski definition) is 0. The molecule has 0 bridgehead atoms. The normalized spacial score (nSPS) is 11.8.